The van der Waals surface area contributed by atoms with Crippen molar-refractivity contribution in [2.45, 2.75) is 101 Å². The number of aliphatic carboxylic acids is 1. The molecule has 6 N–H and O–H groups in total. The first kappa shape index (κ1) is 38.0. The number of carboxylic acids is 1. The number of hydrogen-bond acceptors (Lipinski definition) is 11. The number of nitrogens with two attached hydrogens (primary N) is 2. The summed E-state index contributed by atoms with van der Waals surface area (Å²) in [5.74, 6) is -2.33. The Morgan fingerprint density at radius 2 is 1.74 bits per heavy atom. The maximum absolute atomic E-state index is 13.5. The highest BCUT2D eigenvalue weighted by Crippen LogP contribution is 2.30. The molecule has 0 spiro atoms. The summed E-state index contributed by atoms with van der Waals surface area (Å²) < 4.78 is 42.5. The first-order valence-electron chi connectivity index (χ1n) is 16.2. The molecule has 3 rings (SSSR count). The van der Waals surface area contributed by atoms with Crippen LogP contribution in [0, 0.1) is 5.41 Å². The molecule has 1 amide bonds. The summed E-state index contributed by atoms with van der Waals surface area (Å²) in [6.07, 6.45) is 2.81. The molecule has 14 nitrogen and oxygen atoms in total. The van der Waals surface area contributed by atoms with Crippen molar-refractivity contribution >= 4 is 33.7 Å². The van der Waals surface area contributed by atoms with E-state index in [1.54, 1.807) is 45.0 Å². The van der Waals surface area contributed by atoms with Crippen LogP contribution < -0.4 is 16.2 Å². The molecule has 3 atom stereocenters. The Labute approximate surface area is 277 Å². The van der Waals surface area contributed by atoms with E-state index in [9.17, 15) is 27.9 Å². The van der Waals surface area contributed by atoms with Gasteiger partial charge in [0.2, 0.25) is 4.87 Å². The van der Waals surface area contributed by atoms with Crippen molar-refractivity contribution < 1.29 is 42.1 Å². The molecule has 2 aliphatic rings. The van der Waals surface area contributed by atoms with E-state index >= 15 is 0 Å². The molecule has 0 bridgehead atoms. The fourth-order valence-corrected chi connectivity index (χ4v) is 7.53. The lowest BCUT2D eigenvalue weighted by atomic mass is 9.87. The molecule has 264 valence electrons. The lowest BCUT2D eigenvalue weighted by Gasteiger charge is -2.44. The number of benzene rings is 1. The SMILES string of the molecule is CCCCS(=O)(=O)C(N)(Cc1ccc(OCC2CN(CCCC(C(=N)N)(C(=O)OC(C)(C)C)N3CCCCC3)C(=O)O2)cc1)C(=O)O. The minimum atomic E-state index is -4.11. The van der Waals surface area contributed by atoms with Crippen molar-refractivity contribution in [2.75, 3.05) is 38.5 Å². The quantitative estimate of drug-likeness (QED) is 0.106. The molecule has 0 saturated carbocycles. The van der Waals surface area contributed by atoms with Crippen LogP contribution in [0.15, 0.2) is 24.3 Å². The zero-order valence-electron chi connectivity index (χ0n) is 28.0. The molecule has 47 heavy (non-hydrogen) atoms. The Morgan fingerprint density at radius 3 is 2.30 bits per heavy atom. The number of piperidine rings is 1. The summed E-state index contributed by atoms with van der Waals surface area (Å²) in [4.78, 5) is 39.1. The molecule has 2 fully saturated rings. The van der Waals surface area contributed by atoms with Gasteiger partial charge in [0.05, 0.1) is 12.3 Å². The second kappa shape index (κ2) is 15.6. The number of esters is 1. The second-order valence-corrected chi connectivity index (χ2v) is 15.7. The Kier molecular flexibility index (Phi) is 12.7. The lowest BCUT2D eigenvalue weighted by Crippen LogP contribution is -2.65. The molecule has 2 aliphatic heterocycles. The molecule has 2 saturated heterocycles. The van der Waals surface area contributed by atoms with E-state index in [1.807, 2.05) is 11.8 Å². The largest absolute Gasteiger partial charge is 0.490 e. The van der Waals surface area contributed by atoms with E-state index in [-0.39, 0.29) is 37.7 Å². The van der Waals surface area contributed by atoms with Gasteiger partial charge in [0.15, 0.2) is 21.5 Å². The highest BCUT2D eigenvalue weighted by Gasteiger charge is 2.50. The minimum Gasteiger partial charge on any atom is -0.490 e. The van der Waals surface area contributed by atoms with E-state index in [0.717, 1.165) is 19.3 Å². The molecule has 15 heteroatoms. The highest BCUT2D eigenvalue weighted by molar-refractivity contribution is 7.93. The maximum atomic E-state index is 13.5. The van der Waals surface area contributed by atoms with Crippen molar-refractivity contribution in [3.8, 4) is 5.75 Å². The van der Waals surface area contributed by atoms with Crippen molar-refractivity contribution in [2.24, 2.45) is 11.5 Å². The lowest BCUT2D eigenvalue weighted by molar-refractivity contribution is -0.166. The maximum Gasteiger partial charge on any atom is 0.410 e. The van der Waals surface area contributed by atoms with Gasteiger partial charge in [-0.3, -0.25) is 10.3 Å². The average Bonchev–Trinajstić information content (AvgIpc) is 3.35. The zero-order chi connectivity index (χ0) is 35.0. The first-order valence-corrected chi connectivity index (χ1v) is 17.9. The number of amides is 1. The summed E-state index contributed by atoms with van der Waals surface area (Å²) in [6, 6.07) is 6.25. The van der Waals surface area contributed by atoms with Gasteiger partial charge in [0.1, 0.15) is 23.8 Å². The number of carboxylic acid groups (broad SMARTS) is 1. The van der Waals surface area contributed by atoms with E-state index < -0.39 is 56.4 Å². The van der Waals surface area contributed by atoms with Crippen LogP contribution in [0.4, 0.5) is 4.79 Å². The minimum absolute atomic E-state index is 0.0476. The van der Waals surface area contributed by atoms with Gasteiger partial charge in [0, 0.05) is 13.0 Å². The van der Waals surface area contributed by atoms with Gasteiger partial charge in [-0.2, -0.15) is 0 Å². The number of nitrogens with zero attached hydrogens (tertiary/aromatic N) is 2. The number of carbonyl (C=O) groups is 3. The first-order chi connectivity index (χ1) is 21.9. The van der Waals surface area contributed by atoms with Gasteiger partial charge in [-0.1, -0.05) is 31.9 Å². The van der Waals surface area contributed by atoms with Crippen LogP contribution in [0.2, 0.25) is 0 Å². The standard InChI is InChI=1S/C32H51N5O9S/c1-5-6-19-47(42,43)32(35,27(38)39)20-23-11-13-24(14-12-23)44-22-25-21-36(29(41)45-25)16-10-15-31(26(33)34,28(40)46-30(2,3)4)37-17-8-7-9-18-37/h11-14,25H,5-10,15-22,35H2,1-4H3,(H3,33,34)(H,38,39). The molecule has 0 radical (unpaired) electrons. The van der Waals surface area contributed by atoms with Crippen molar-refractivity contribution in [1.29, 1.82) is 5.41 Å². The molecule has 0 aliphatic carbocycles. The smallest absolute Gasteiger partial charge is 0.410 e. The number of sulfone groups is 1. The number of hydrogen-bond donors (Lipinski definition) is 4. The third kappa shape index (κ3) is 9.35. The van der Waals surface area contributed by atoms with E-state index in [4.69, 9.17) is 31.1 Å². The normalized spacial score (nSPS) is 20.1. The van der Waals surface area contributed by atoms with Crippen LogP contribution in [0.25, 0.3) is 0 Å². The van der Waals surface area contributed by atoms with Gasteiger partial charge in [0.25, 0.3) is 0 Å². The molecule has 3 unspecified atom stereocenters. The van der Waals surface area contributed by atoms with Crippen molar-refractivity contribution in [3.05, 3.63) is 29.8 Å². The number of cyclic esters (lactones) is 1. The van der Waals surface area contributed by atoms with Crippen LogP contribution in [-0.2, 0) is 35.3 Å². The number of nitrogens with one attached hydrogen (secondary N) is 1. The molecule has 1 aromatic rings. The Hall–Kier alpha value is -3.43. The van der Waals surface area contributed by atoms with Crippen molar-refractivity contribution in [1.82, 2.24) is 9.80 Å². The average molecular weight is 682 g/mol. The fraction of sp³-hybridized carbons (Fsp3) is 0.688. The number of unbranched alkanes of at least 4 members (excludes halogenated alkanes) is 1. The van der Waals surface area contributed by atoms with Crippen LogP contribution in [0.1, 0.15) is 78.2 Å². The molecular weight excluding hydrogens is 630 g/mol. The third-order valence-electron chi connectivity index (χ3n) is 8.50. The number of rotatable bonds is 17. The molecular formula is C32H51N5O9S. The Bertz CT molecular complexity index is 1380. The summed E-state index contributed by atoms with van der Waals surface area (Å²) in [7, 11) is -4.11. The molecule has 0 aromatic heterocycles. The van der Waals surface area contributed by atoms with Crippen LogP contribution in [0.5, 0.6) is 5.75 Å². The third-order valence-corrected chi connectivity index (χ3v) is 10.8. The van der Waals surface area contributed by atoms with Crippen molar-refractivity contribution in [3.63, 3.8) is 0 Å². The van der Waals surface area contributed by atoms with Crippen LogP contribution >= 0.6 is 0 Å². The summed E-state index contributed by atoms with van der Waals surface area (Å²) in [5, 5.41) is 18.1. The second-order valence-electron chi connectivity index (χ2n) is 13.4. The summed E-state index contributed by atoms with van der Waals surface area (Å²) in [6.45, 7) is 8.95. The Balaban J connectivity index is 1.58. The van der Waals surface area contributed by atoms with Gasteiger partial charge < -0.3 is 35.7 Å². The van der Waals surface area contributed by atoms with Gasteiger partial charge >= 0.3 is 18.0 Å². The van der Waals surface area contributed by atoms with Crippen LogP contribution in [-0.4, -0.2) is 108 Å². The number of ether oxygens (including phenoxy) is 3. The molecule has 1 aromatic carbocycles. The van der Waals surface area contributed by atoms with Crippen LogP contribution in [0.3, 0.4) is 0 Å². The zero-order valence-corrected chi connectivity index (χ0v) is 28.8. The predicted octanol–water partition coefficient (Wildman–Crippen LogP) is 2.67. The predicted molar refractivity (Wildman–Crippen MR) is 176 cm³/mol. The summed E-state index contributed by atoms with van der Waals surface area (Å²) in [5.41, 5.74) is 10.3. The molecule has 2 heterocycles. The number of likely N-dealkylation sites (tertiary alicyclic amines) is 1. The topological polar surface area (TPSA) is 216 Å². The van der Waals surface area contributed by atoms with Gasteiger partial charge in [-0.05, 0) is 83.7 Å². The number of carbonyl (C=O) groups excluding carboxylic acids is 2. The van der Waals surface area contributed by atoms with E-state index in [1.165, 1.54) is 4.90 Å². The van der Waals surface area contributed by atoms with E-state index in [0.29, 0.717) is 43.7 Å². The van der Waals surface area contributed by atoms with Gasteiger partial charge in [-0.25, -0.2) is 22.8 Å². The monoisotopic (exact) mass is 681 g/mol. The fourth-order valence-electron chi connectivity index (χ4n) is 5.84. The number of amidine groups is 1. The summed E-state index contributed by atoms with van der Waals surface area (Å²) >= 11 is 0. The van der Waals surface area contributed by atoms with E-state index in [2.05, 4.69) is 0 Å². The van der Waals surface area contributed by atoms with Gasteiger partial charge in [-0.15, -0.1) is 0 Å². The highest BCUT2D eigenvalue weighted by atomic mass is 32.2. The Morgan fingerprint density at radius 1 is 1.11 bits per heavy atom.